The number of hydrogen-bond acceptors (Lipinski definition) is 4. The van der Waals surface area contributed by atoms with Gasteiger partial charge in [0.25, 0.3) is 0 Å². The quantitative estimate of drug-likeness (QED) is 0.594. The molecule has 0 spiro atoms. The van der Waals surface area contributed by atoms with Crippen molar-refractivity contribution in [1.82, 2.24) is 20.3 Å². The molecule has 1 aromatic rings. The molecule has 1 heterocycles. The van der Waals surface area contributed by atoms with Crippen LogP contribution in [0.4, 0.5) is 0 Å². The third kappa shape index (κ3) is 2.03. The number of rotatable bonds is 3. The zero-order valence-corrected chi connectivity index (χ0v) is 7.05. The predicted molar refractivity (Wildman–Crippen MR) is 44.5 cm³/mol. The van der Waals surface area contributed by atoms with Gasteiger partial charge in [0.05, 0.1) is 6.20 Å². The highest BCUT2D eigenvalue weighted by atomic mass is 16.2. The predicted octanol–water partition coefficient (Wildman–Crippen LogP) is -1.51. The molecule has 1 fully saturated rings. The summed E-state index contributed by atoms with van der Waals surface area (Å²) in [5.41, 5.74) is 5.54. The first-order valence-electron chi connectivity index (χ1n) is 4.15. The molecule has 2 rings (SSSR count). The molecular formula is C7H11N5O. The Balaban J connectivity index is 1.79. The molecule has 70 valence electrons. The highest BCUT2D eigenvalue weighted by Crippen LogP contribution is 2.17. The summed E-state index contributed by atoms with van der Waals surface area (Å²) in [6.07, 6.45) is 4.06. The van der Waals surface area contributed by atoms with E-state index in [1.165, 1.54) is 10.9 Å². The summed E-state index contributed by atoms with van der Waals surface area (Å²) in [7, 11) is 0. The van der Waals surface area contributed by atoms with Crippen molar-refractivity contribution in [3.63, 3.8) is 0 Å². The SMILES string of the molecule is NC1CC1NC(=O)Cn1ccnn1. The van der Waals surface area contributed by atoms with E-state index in [1.54, 1.807) is 6.20 Å². The number of carbonyl (C=O) groups is 1. The van der Waals surface area contributed by atoms with Gasteiger partial charge in [-0.05, 0) is 6.42 Å². The third-order valence-corrected chi connectivity index (χ3v) is 1.96. The number of amides is 1. The van der Waals surface area contributed by atoms with Crippen LogP contribution in [0.5, 0.6) is 0 Å². The maximum Gasteiger partial charge on any atom is 0.242 e. The molecule has 0 radical (unpaired) electrons. The highest BCUT2D eigenvalue weighted by Gasteiger charge is 2.34. The Morgan fingerprint density at radius 1 is 1.77 bits per heavy atom. The zero-order chi connectivity index (χ0) is 9.26. The van der Waals surface area contributed by atoms with E-state index in [-0.39, 0.29) is 24.5 Å². The van der Waals surface area contributed by atoms with E-state index < -0.39 is 0 Å². The number of nitrogens with zero attached hydrogens (tertiary/aromatic N) is 3. The normalized spacial score (nSPS) is 25.6. The van der Waals surface area contributed by atoms with E-state index in [0.717, 1.165) is 6.42 Å². The standard InChI is InChI=1S/C7H11N5O/c8-5-3-6(5)10-7(13)4-12-2-1-9-11-12/h1-2,5-6H,3-4,8H2,(H,10,13). The fourth-order valence-corrected chi connectivity index (χ4v) is 1.10. The van der Waals surface area contributed by atoms with Gasteiger partial charge in [-0.3, -0.25) is 4.79 Å². The lowest BCUT2D eigenvalue weighted by molar-refractivity contribution is -0.122. The van der Waals surface area contributed by atoms with E-state index in [1.807, 2.05) is 0 Å². The second-order valence-electron chi connectivity index (χ2n) is 3.17. The molecule has 13 heavy (non-hydrogen) atoms. The van der Waals surface area contributed by atoms with Crippen LogP contribution in [0.25, 0.3) is 0 Å². The van der Waals surface area contributed by atoms with Gasteiger partial charge in [0.15, 0.2) is 0 Å². The molecule has 6 heteroatoms. The molecule has 1 aromatic heterocycles. The van der Waals surface area contributed by atoms with Crippen molar-refractivity contribution in [2.75, 3.05) is 0 Å². The Labute approximate surface area is 75.1 Å². The smallest absolute Gasteiger partial charge is 0.242 e. The second kappa shape index (κ2) is 3.14. The van der Waals surface area contributed by atoms with Crippen molar-refractivity contribution < 1.29 is 4.79 Å². The Hall–Kier alpha value is -1.43. The van der Waals surface area contributed by atoms with Gasteiger partial charge in [-0.25, -0.2) is 4.68 Å². The van der Waals surface area contributed by atoms with Gasteiger partial charge in [-0.15, -0.1) is 5.10 Å². The van der Waals surface area contributed by atoms with Crippen molar-refractivity contribution in [3.8, 4) is 0 Å². The van der Waals surface area contributed by atoms with Crippen molar-refractivity contribution >= 4 is 5.91 Å². The average Bonchev–Trinajstić information content (AvgIpc) is 2.61. The summed E-state index contributed by atoms with van der Waals surface area (Å²) in [4.78, 5) is 11.3. The number of nitrogens with two attached hydrogens (primary N) is 1. The van der Waals surface area contributed by atoms with Gasteiger partial charge in [0, 0.05) is 18.3 Å². The fraction of sp³-hybridized carbons (Fsp3) is 0.571. The van der Waals surface area contributed by atoms with E-state index in [4.69, 9.17) is 5.73 Å². The molecule has 2 atom stereocenters. The van der Waals surface area contributed by atoms with Gasteiger partial charge in [-0.1, -0.05) is 5.21 Å². The molecule has 0 bridgehead atoms. The summed E-state index contributed by atoms with van der Waals surface area (Å²) >= 11 is 0. The monoisotopic (exact) mass is 181 g/mol. The largest absolute Gasteiger partial charge is 0.350 e. The minimum Gasteiger partial charge on any atom is -0.350 e. The zero-order valence-electron chi connectivity index (χ0n) is 7.05. The summed E-state index contributed by atoms with van der Waals surface area (Å²) < 4.78 is 1.48. The molecule has 2 unspecified atom stereocenters. The lowest BCUT2D eigenvalue weighted by Crippen LogP contribution is -2.32. The lowest BCUT2D eigenvalue weighted by atomic mass is 10.5. The second-order valence-corrected chi connectivity index (χ2v) is 3.17. The molecule has 0 aliphatic heterocycles. The van der Waals surface area contributed by atoms with Crippen LogP contribution in [-0.4, -0.2) is 33.0 Å². The van der Waals surface area contributed by atoms with Crippen LogP contribution >= 0.6 is 0 Å². The van der Waals surface area contributed by atoms with Crippen molar-refractivity contribution in [2.45, 2.75) is 25.0 Å². The third-order valence-electron chi connectivity index (χ3n) is 1.96. The van der Waals surface area contributed by atoms with Crippen molar-refractivity contribution in [2.24, 2.45) is 5.73 Å². The first kappa shape index (κ1) is 8.18. The minimum absolute atomic E-state index is 0.0662. The van der Waals surface area contributed by atoms with Crippen LogP contribution in [0, 0.1) is 0 Å². The Morgan fingerprint density at radius 2 is 2.54 bits per heavy atom. The number of hydrogen-bond donors (Lipinski definition) is 2. The number of nitrogens with one attached hydrogen (secondary N) is 1. The number of aromatic nitrogens is 3. The van der Waals surface area contributed by atoms with Gasteiger partial charge >= 0.3 is 0 Å². The molecular weight excluding hydrogens is 170 g/mol. The molecule has 0 saturated heterocycles. The van der Waals surface area contributed by atoms with Gasteiger partial charge in [0.1, 0.15) is 6.54 Å². The van der Waals surface area contributed by atoms with Crippen LogP contribution in [-0.2, 0) is 11.3 Å². The van der Waals surface area contributed by atoms with Crippen LogP contribution in [0.1, 0.15) is 6.42 Å². The van der Waals surface area contributed by atoms with Crippen molar-refractivity contribution in [3.05, 3.63) is 12.4 Å². The summed E-state index contributed by atoms with van der Waals surface area (Å²) in [6.45, 7) is 0.212. The Morgan fingerprint density at radius 3 is 3.08 bits per heavy atom. The van der Waals surface area contributed by atoms with Crippen LogP contribution in [0.15, 0.2) is 12.4 Å². The van der Waals surface area contributed by atoms with E-state index >= 15 is 0 Å². The van der Waals surface area contributed by atoms with E-state index in [2.05, 4.69) is 15.6 Å². The topological polar surface area (TPSA) is 85.8 Å². The number of carbonyl (C=O) groups excluding carboxylic acids is 1. The highest BCUT2D eigenvalue weighted by molar-refractivity contribution is 5.76. The Kier molecular flexibility index (Phi) is 1.97. The molecule has 0 aromatic carbocycles. The average molecular weight is 181 g/mol. The molecule has 1 saturated carbocycles. The van der Waals surface area contributed by atoms with Gasteiger partial charge < -0.3 is 11.1 Å². The minimum atomic E-state index is -0.0662. The first-order valence-corrected chi connectivity index (χ1v) is 4.15. The molecule has 3 N–H and O–H groups in total. The summed E-state index contributed by atoms with van der Waals surface area (Å²) in [5, 5.41) is 10.1. The van der Waals surface area contributed by atoms with Gasteiger partial charge in [0.2, 0.25) is 5.91 Å². The summed E-state index contributed by atoms with van der Waals surface area (Å²) in [5.74, 6) is -0.0662. The van der Waals surface area contributed by atoms with Crippen LogP contribution in [0.3, 0.4) is 0 Å². The molecule has 6 nitrogen and oxygen atoms in total. The van der Waals surface area contributed by atoms with E-state index in [0.29, 0.717) is 0 Å². The lowest BCUT2D eigenvalue weighted by Gasteiger charge is -2.02. The Bertz CT molecular complexity index is 296. The van der Waals surface area contributed by atoms with Gasteiger partial charge in [-0.2, -0.15) is 0 Å². The molecule has 1 aliphatic carbocycles. The van der Waals surface area contributed by atoms with Crippen LogP contribution in [0.2, 0.25) is 0 Å². The van der Waals surface area contributed by atoms with Crippen molar-refractivity contribution in [1.29, 1.82) is 0 Å². The maximum atomic E-state index is 11.3. The van der Waals surface area contributed by atoms with E-state index in [9.17, 15) is 4.79 Å². The first-order chi connectivity index (χ1) is 6.25. The maximum absolute atomic E-state index is 11.3. The summed E-state index contributed by atoms with van der Waals surface area (Å²) in [6, 6.07) is 0.302. The molecule has 1 amide bonds. The van der Waals surface area contributed by atoms with Crippen LogP contribution < -0.4 is 11.1 Å². The fourth-order valence-electron chi connectivity index (χ4n) is 1.10. The molecule has 1 aliphatic rings.